The van der Waals surface area contributed by atoms with Crippen LogP contribution in [-0.4, -0.2) is 24.1 Å². The minimum atomic E-state index is -0.213. The van der Waals surface area contributed by atoms with Crippen molar-refractivity contribution in [2.45, 2.75) is 20.3 Å². The summed E-state index contributed by atoms with van der Waals surface area (Å²) in [6, 6.07) is 1.75. The fraction of sp³-hybridized carbons (Fsp3) is 0.455. The molecule has 0 saturated carbocycles. The number of nitrogens with one attached hydrogen (secondary N) is 1. The zero-order valence-corrected chi connectivity index (χ0v) is 9.62. The van der Waals surface area contributed by atoms with Gasteiger partial charge in [-0.25, -0.2) is 4.98 Å². The van der Waals surface area contributed by atoms with Gasteiger partial charge in [0.25, 0.3) is 0 Å². The lowest BCUT2D eigenvalue weighted by atomic mass is 10.2. The van der Waals surface area contributed by atoms with E-state index in [1.54, 1.807) is 19.2 Å². The van der Waals surface area contributed by atoms with E-state index in [4.69, 9.17) is 10.5 Å². The summed E-state index contributed by atoms with van der Waals surface area (Å²) in [6.07, 6.45) is 2.02. The number of carbonyl (C=O) groups excluding carboxylic acids is 1. The molecule has 0 fully saturated rings. The van der Waals surface area contributed by atoms with Crippen molar-refractivity contribution >= 4 is 17.5 Å². The molecule has 0 saturated heterocycles. The molecule has 0 atom stereocenters. The van der Waals surface area contributed by atoms with E-state index in [9.17, 15) is 4.79 Å². The highest BCUT2D eigenvalue weighted by atomic mass is 16.5. The number of nitrogens with zero attached hydrogens (tertiary/aromatic N) is 1. The molecule has 1 heterocycles. The van der Waals surface area contributed by atoms with E-state index < -0.39 is 0 Å². The van der Waals surface area contributed by atoms with Crippen molar-refractivity contribution < 1.29 is 9.53 Å². The molecule has 0 unspecified atom stereocenters. The van der Waals surface area contributed by atoms with Crippen LogP contribution in [0.1, 0.15) is 18.9 Å². The van der Waals surface area contributed by atoms with Crippen molar-refractivity contribution in [2.75, 3.05) is 24.2 Å². The molecule has 0 bridgehead atoms. The number of hydrogen-bond donors (Lipinski definition) is 2. The molecule has 5 nitrogen and oxygen atoms in total. The summed E-state index contributed by atoms with van der Waals surface area (Å²) in [7, 11) is 0. The average molecular weight is 223 g/mol. The first kappa shape index (κ1) is 12.3. The maximum atomic E-state index is 11.0. The minimum Gasteiger partial charge on any atom is -0.466 e. The fourth-order valence-electron chi connectivity index (χ4n) is 1.16. The van der Waals surface area contributed by atoms with Gasteiger partial charge in [-0.3, -0.25) is 4.79 Å². The van der Waals surface area contributed by atoms with Crippen molar-refractivity contribution in [3.8, 4) is 0 Å². The average Bonchev–Trinajstić information content (AvgIpc) is 2.24. The summed E-state index contributed by atoms with van der Waals surface area (Å²) in [4.78, 5) is 15.2. The topological polar surface area (TPSA) is 77.2 Å². The molecule has 0 radical (unpaired) electrons. The van der Waals surface area contributed by atoms with Gasteiger partial charge < -0.3 is 15.8 Å². The monoisotopic (exact) mass is 223 g/mol. The molecule has 1 aromatic heterocycles. The van der Waals surface area contributed by atoms with Gasteiger partial charge in [0.2, 0.25) is 0 Å². The van der Waals surface area contributed by atoms with Gasteiger partial charge in [-0.1, -0.05) is 0 Å². The van der Waals surface area contributed by atoms with Crippen LogP contribution in [0.2, 0.25) is 0 Å². The first-order valence-electron chi connectivity index (χ1n) is 5.25. The van der Waals surface area contributed by atoms with E-state index in [1.165, 1.54) is 0 Å². The molecule has 0 aliphatic heterocycles. The van der Waals surface area contributed by atoms with Crippen LogP contribution >= 0.6 is 0 Å². The van der Waals surface area contributed by atoms with Crippen LogP contribution in [0, 0.1) is 6.92 Å². The summed E-state index contributed by atoms with van der Waals surface area (Å²) in [5, 5.41) is 3.01. The molecule has 16 heavy (non-hydrogen) atoms. The second-order valence-electron chi connectivity index (χ2n) is 3.41. The maximum absolute atomic E-state index is 11.0. The Morgan fingerprint density at radius 3 is 3.00 bits per heavy atom. The number of aromatic nitrogens is 1. The number of anilines is 2. The first-order valence-corrected chi connectivity index (χ1v) is 5.25. The number of nitrogen functional groups attached to an aromatic ring is 1. The van der Waals surface area contributed by atoms with E-state index in [0.29, 0.717) is 31.1 Å². The Hall–Kier alpha value is -1.78. The molecule has 88 valence electrons. The zero-order chi connectivity index (χ0) is 12.0. The lowest BCUT2D eigenvalue weighted by molar-refractivity contribution is -0.142. The highest BCUT2D eigenvalue weighted by molar-refractivity contribution is 5.70. The summed E-state index contributed by atoms with van der Waals surface area (Å²) < 4.78 is 4.80. The molecule has 3 N–H and O–H groups in total. The standard InChI is InChI=1S/C11H17N3O2/c1-3-16-11(15)4-5-13-10-6-9(12)8(2)7-14-10/h6-7H,3-5H2,1-2H3,(H3,12,13,14). The van der Waals surface area contributed by atoms with E-state index in [-0.39, 0.29) is 5.97 Å². The van der Waals surface area contributed by atoms with Gasteiger partial charge in [-0.05, 0) is 19.4 Å². The lowest BCUT2D eigenvalue weighted by Gasteiger charge is -2.07. The molecule has 1 rings (SSSR count). The number of esters is 1. The molecule has 5 heteroatoms. The maximum Gasteiger partial charge on any atom is 0.307 e. The first-order chi connectivity index (χ1) is 7.63. The molecular weight excluding hydrogens is 206 g/mol. The normalized spacial score (nSPS) is 9.88. The number of carbonyl (C=O) groups is 1. The third-order valence-electron chi connectivity index (χ3n) is 2.09. The van der Waals surface area contributed by atoms with Gasteiger partial charge in [-0.15, -0.1) is 0 Å². The smallest absolute Gasteiger partial charge is 0.307 e. The summed E-state index contributed by atoms with van der Waals surface area (Å²) >= 11 is 0. The number of aryl methyl sites for hydroxylation is 1. The third kappa shape index (κ3) is 3.76. The number of pyridine rings is 1. The predicted octanol–water partition coefficient (Wildman–Crippen LogP) is 1.34. The zero-order valence-electron chi connectivity index (χ0n) is 9.62. The highest BCUT2D eigenvalue weighted by Crippen LogP contribution is 2.13. The van der Waals surface area contributed by atoms with E-state index >= 15 is 0 Å². The molecule has 0 aromatic carbocycles. The van der Waals surface area contributed by atoms with Crippen LogP contribution in [0.4, 0.5) is 11.5 Å². The molecule has 0 amide bonds. The van der Waals surface area contributed by atoms with Crippen LogP contribution in [0.3, 0.4) is 0 Å². The summed E-state index contributed by atoms with van der Waals surface area (Å²) in [5.74, 6) is 0.461. The van der Waals surface area contributed by atoms with Crippen LogP contribution < -0.4 is 11.1 Å². The number of rotatable bonds is 5. The van der Waals surface area contributed by atoms with Crippen LogP contribution in [0.5, 0.6) is 0 Å². The van der Waals surface area contributed by atoms with Gasteiger partial charge in [0.1, 0.15) is 5.82 Å². The van der Waals surface area contributed by atoms with E-state index in [0.717, 1.165) is 5.56 Å². The summed E-state index contributed by atoms with van der Waals surface area (Å²) in [5.41, 5.74) is 7.36. The Morgan fingerprint density at radius 2 is 2.38 bits per heavy atom. The minimum absolute atomic E-state index is 0.213. The van der Waals surface area contributed by atoms with Crippen LogP contribution in [-0.2, 0) is 9.53 Å². The quantitative estimate of drug-likeness (QED) is 0.736. The fourth-order valence-corrected chi connectivity index (χ4v) is 1.16. The SMILES string of the molecule is CCOC(=O)CCNc1cc(N)c(C)cn1. The van der Waals surface area contributed by atoms with Crippen molar-refractivity contribution in [2.24, 2.45) is 0 Å². The van der Waals surface area contributed by atoms with Gasteiger partial charge in [-0.2, -0.15) is 0 Å². The summed E-state index contributed by atoms with van der Waals surface area (Å²) in [6.45, 7) is 4.58. The lowest BCUT2D eigenvalue weighted by Crippen LogP contribution is -2.12. The molecule has 0 aliphatic rings. The second kappa shape index (κ2) is 5.95. The van der Waals surface area contributed by atoms with Gasteiger partial charge in [0.05, 0.1) is 13.0 Å². The predicted molar refractivity (Wildman–Crippen MR) is 63.1 cm³/mol. The number of ether oxygens (including phenoxy) is 1. The Balaban J connectivity index is 2.37. The van der Waals surface area contributed by atoms with Crippen LogP contribution in [0.15, 0.2) is 12.3 Å². The molecule has 0 spiro atoms. The Morgan fingerprint density at radius 1 is 1.62 bits per heavy atom. The Bertz CT molecular complexity index is 366. The van der Waals surface area contributed by atoms with Gasteiger partial charge in [0, 0.05) is 24.5 Å². The Labute approximate surface area is 95.0 Å². The van der Waals surface area contributed by atoms with Crippen molar-refractivity contribution in [1.29, 1.82) is 0 Å². The van der Waals surface area contributed by atoms with Gasteiger partial charge in [0.15, 0.2) is 0 Å². The van der Waals surface area contributed by atoms with Crippen molar-refractivity contribution in [3.05, 3.63) is 17.8 Å². The Kier molecular flexibility index (Phi) is 4.57. The second-order valence-corrected chi connectivity index (χ2v) is 3.41. The van der Waals surface area contributed by atoms with E-state index in [2.05, 4.69) is 10.3 Å². The molecule has 1 aromatic rings. The largest absolute Gasteiger partial charge is 0.466 e. The van der Waals surface area contributed by atoms with E-state index in [1.807, 2.05) is 6.92 Å². The molecule has 0 aliphatic carbocycles. The third-order valence-corrected chi connectivity index (χ3v) is 2.09. The van der Waals surface area contributed by atoms with Crippen LogP contribution in [0.25, 0.3) is 0 Å². The van der Waals surface area contributed by atoms with Crippen molar-refractivity contribution in [1.82, 2.24) is 4.98 Å². The number of nitrogens with two attached hydrogens (primary N) is 1. The molecular formula is C11H17N3O2. The highest BCUT2D eigenvalue weighted by Gasteiger charge is 2.02. The van der Waals surface area contributed by atoms with Crippen molar-refractivity contribution in [3.63, 3.8) is 0 Å². The van der Waals surface area contributed by atoms with Gasteiger partial charge >= 0.3 is 5.97 Å². The number of hydrogen-bond acceptors (Lipinski definition) is 5.